The second kappa shape index (κ2) is 7.37. The summed E-state index contributed by atoms with van der Waals surface area (Å²) in [6.45, 7) is 3.15. The number of rotatable bonds is 2. The minimum absolute atomic E-state index is 0.0801. The number of carbonyl (C=O) groups excluding carboxylic acids is 1. The van der Waals surface area contributed by atoms with E-state index in [1.54, 1.807) is 0 Å². The maximum absolute atomic E-state index is 13.0. The molecule has 1 amide bonds. The Bertz CT molecular complexity index is 924. The molecule has 6 heteroatoms. The van der Waals surface area contributed by atoms with Crippen LogP contribution in [-0.2, 0) is 24.1 Å². The summed E-state index contributed by atoms with van der Waals surface area (Å²) in [6, 6.07) is 5.98. The van der Waals surface area contributed by atoms with E-state index in [2.05, 4.69) is 16.4 Å². The summed E-state index contributed by atoms with van der Waals surface area (Å²) in [7, 11) is 0. The number of nitrogens with zero attached hydrogens (tertiary/aromatic N) is 2. The number of aromatic nitrogens is 1. The molecule has 0 radical (unpaired) electrons. The van der Waals surface area contributed by atoms with Crippen molar-refractivity contribution < 1.29 is 9.53 Å². The van der Waals surface area contributed by atoms with E-state index in [-0.39, 0.29) is 5.91 Å². The van der Waals surface area contributed by atoms with Crippen LogP contribution in [0.3, 0.4) is 0 Å². The molecule has 1 fully saturated rings. The lowest BCUT2D eigenvalue weighted by molar-refractivity contribution is -0.138. The molecule has 0 saturated carbocycles. The molecule has 1 aromatic carbocycles. The normalized spacial score (nSPS) is 21.0. The van der Waals surface area contributed by atoms with Crippen LogP contribution >= 0.6 is 11.6 Å². The molecule has 0 spiro atoms. The van der Waals surface area contributed by atoms with E-state index in [1.165, 1.54) is 24.1 Å². The van der Waals surface area contributed by atoms with Crippen LogP contribution in [-0.4, -0.2) is 48.1 Å². The first kappa shape index (κ1) is 18.0. The molecule has 1 unspecified atom stereocenters. The fourth-order valence-corrected chi connectivity index (χ4v) is 4.87. The number of ether oxygens (including phenoxy) is 1. The summed E-state index contributed by atoms with van der Waals surface area (Å²) in [5, 5.41) is 3.98. The zero-order valence-corrected chi connectivity index (χ0v) is 16.6. The molecule has 5 nitrogen and oxygen atoms in total. The van der Waals surface area contributed by atoms with E-state index in [1.807, 2.05) is 23.2 Å². The zero-order chi connectivity index (χ0) is 19.1. The number of amides is 1. The fraction of sp³-hybridized carbons (Fsp3) is 0.455. The van der Waals surface area contributed by atoms with Gasteiger partial charge < -0.3 is 15.0 Å². The number of halogens is 1. The van der Waals surface area contributed by atoms with Gasteiger partial charge in [-0.1, -0.05) is 11.6 Å². The van der Waals surface area contributed by atoms with Crippen LogP contribution in [0.25, 0.3) is 11.1 Å². The van der Waals surface area contributed by atoms with Crippen molar-refractivity contribution in [3.63, 3.8) is 0 Å². The molecule has 1 aromatic heterocycles. The lowest BCUT2D eigenvalue weighted by atomic mass is 9.88. The number of piperazine rings is 1. The summed E-state index contributed by atoms with van der Waals surface area (Å²) in [5.74, 6) is 0.897. The zero-order valence-electron chi connectivity index (χ0n) is 15.8. The third-order valence-electron chi connectivity index (χ3n) is 6.03. The van der Waals surface area contributed by atoms with Crippen molar-refractivity contribution in [2.45, 2.75) is 38.2 Å². The van der Waals surface area contributed by atoms with E-state index < -0.39 is 6.10 Å². The molecule has 3 aliphatic rings. The molecule has 1 saturated heterocycles. The van der Waals surface area contributed by atoms with Crippen molar-refractivity contribution in [1.29, 1.82) is 0 Å². The largest absolute Gasteiger partial charge is 0.479 e. The second-order valence-corrected chi connectivity index (χ2v) is 8.25. The third kappa shape index (κ3) is 3.16. The summed E-state index contributed by atoms with van der Waals surface area (Å²) in [4.78, 5) is 19.5. The van der Waals surface area contributed by atoms with Gasteiger partial charge >= 0.3 is 0 Å². The predicted octanol–water partition coefficient (Wildman–Crippen LogP) is 3.02. The third-order valence-corrected chi connectivity index (χ3v) is 6.24. The van der Waals surface area contributed by atoms with Crippen LogP contribution < -0.4 is 10.1 Å². The van der Waals surface area contributed by atoms with Gasteiger partial charge in [0.1, 0.15) is 5.75 Å². The highest BCUT2D eigenvalue weighted by molar-refractivity contribution is 6.31. The van der Waals surface area contributed by atoms with E-state index in [9.17, 15) is 4.79 Å². The Morgan fingerprint density at radius 2 is 2.00 bits per heavy atom. The molecule has 0 bridgehead atoms. The van der Waals surface area contributed by atoms with Crippen molar-refractivity contribution in [3.05, 3.63) is 46.2 Å². The van der Waals surface area contributed by atoms with Gasteiger partial charge in [-0.25, -0.2) is 0 Å². The molecular weight excluding hydrogens is 374 g/mol. The Morgan fingerprint density at radius 1 is 1.18 bits per heavy atom. The molecule has 2 aromatic rings. The first-order chi connectivity index (χ1) is 13.7. The lowest BCUT2D eigenvalue weighted by Crippen LogP contribution is -2.50. The minimum atomic E-state index is -0.456. The van der Waals surface area contributed by atoms with Crippen molar-refractivity contribution in [2.24, 2.45) is 0 Å². The van der Waals surface area contributed by atoms with Crippen molar-refractivity contribution >= 4 is 17.5 Å². The summed E-state index contributed by atoms with van der Waals surface area (Å²) in [5.41, 5.74) is 5.66. The molecule has 2 aliphatic heterocycles. The van der Waals surface area contributed by atoms with Gasteiger partial charge in [-0.2, -0.15) is 0 Å². The monoisotopic (exact) mass is 397 g/mol. The second-order valence-electron chi connectivity index (χ2n) is 7.82. The molecule has 3 heterocycles. The Hall–Kier alpha value is -2.11. The van der Waals surface area contributed by atoms with Gasteiger partial charge in [0.25, 0.3) is 5.91 Å². The molecule has 1 aliphatic carbocycles. The topological polar surface area (TPSA) is 54.5 Å². The number of aryl methyl sites for hydroxylation is 1. The number of hydrogen-bond donors (Lipinski definition) is 1. The van der Waals surface area contributed by atoms with Gasteiger partial charge in [0.15, 0.2) is 6.10 Å². The van der Waals surface area contributed by atoms with Crippen LogP contribution in [0.4, 0.5) is 0 Å². The number of benzene rings is 1. The van der Waals surface area contributed by atoms with Gasteiger partial charge in [0.2, 0.25) is 0 Å². The Kier molecular flexibility index (Phi) is 4.73. The molecule has 1 N–H and O–H groups in total. The van der Waals surface area contributed by atoms with Crippen LogP contribution in [0.5, 0.6) is 5.75 Å². The lowest BCUT2D eigenvalue weighted by Gasteiger charge is -2.29. The Balaban J connectivity index is 1.50. The van der Waals surface area contributed by atoms with Crippen LogP contribution in [0.1, 0.15) is 29.7 Å². The molecule has 5 rings (SSSR count). The quantitative estimate of drug-likeness (QED) is 0.846. The number of pyridine rings is 1. The van der Waals surface area contributed by atoms with Crippen molar-refractivity contribution in [1.82, 2.24) is 15.2 Å². The minimum Gasteiger partial charge on any atom is -0.479 e. The van der Waals surface area contributed by atoms with E-state index in [0.29, 0.717) is 11.4 Å². The SMILES string of the molecule is O=C(C1Cc2cc(Cl)cc(-c3ccnc4c3CCCC4)c2O1)N1CCNCC1. The van der Waals surface area contributed by atoms with Gasteiger partial charge in [0, 0.05) is 60.6 Å². The van der Waals surface area contributed by atoms with Crippen molar-refractivity contribution in [3.8, 4) is 16.9 Å². The highest BCUT2D eigenvalue weighted by atomic mass is 35.5. The summed E-state index contributed by atoms with van der Waals surface area (Å²) in [6.07, 6.45) is 6.43. The first-order valence-corrected chi connectivity index (χ1v) is 10.5. The van der Waals surface area contributed by atoms with E-state index >= 15 is 0 Å². The van der Waals surface area contributed by atoms with Gasteiger partial charge in [0.05, 0.1) is 0 Å². The van der Waals surface area contributed by atoms with Gasteiger partial charge in [-0.3, -0.25) is 9.78 Å². The van der Waals surface area contributed by atoms with Crippen LogP contribution in [0.15, 0.2) is 24.4 Å². The van der Waals surface area contributed by atoms with E-state index in [0.717, 1.165) is 61.5 Å². The number of hydrogen-bond acceptors (Lipinski definition) is 4. The first-order valence-electron chi connectivity index (χ1n) is 10.2. The molecular formula is C22H24ClN3O2. The Morgan fingerprint density at radius 3 is 2.86 bits per heavy atom. The number of fused-ring (bicyclic) bond motifs is 2. The predicted molar refractivity (Wildman–Crippen MR) is 109 cm³/mol. The molecule has 28 heavy (non-hydrogen) atoms. The Labute approximate surface area is 170 Å². The average Bonchev–Trinajstić information content (AvgIpc) is 3.17. The van der Waals surface area contributed by atoms with Crippen LogP contribution in [0, 0.1) is 0 Å². The standard InChI is InChI=1S/C22H24ClN3O2/c23-15-11-14-12-20(22(27)26-9-7-24-8-10-26)28-21(14)18(13-15)16-5-6-25-19-4-2-1-3-17(16)19/h5-6,11,13,20,24H,1-4,7-10,12H2. The highest BCUT2D eigenvalue weighted by Gasteiger charge is 2.35. The summed E-state index contributed by atoms with van der Waals surface area (Å²) < 4.78 is 6.26. The maximum Gasteiger partial charge on any atom is 0.264 e. The van der Waals surface area contributed by atoms with E-state index in [4.69, 9.17) is 16.3 Å². The van der Waals surface area contributed by atoms with Gasteiger partial charge in [-0.05, 0) is 55.0 Å². The summed E-state index contributed by atoms with van der Waals surface area (Å²) >= 11 is 6.46. The average molecular weight is 398 g/mol. The molecule has 146 valence electrons. The van der Waals surface area contributed by atoms with Crippen molar-refractivity contribution in [2.75, 3.05) is 26.2 Å². The molecule has 1 atom stereocenters. The number of nitrogens with one attached hydrogen (secondary N) is 1. The maximum atomic E-state index is 13.0. The number of carbonyl (C=O) groups is 1. The highest BCUT2D eigenvalue weighted by Crippen LogP contribution is 2.43. The fourth-order valence-electron chi connectivity index (χ4n) is 4.63. The van der Waals surface area contributed by atoms with Gasteiger partial charge in [-0.15, -0.1) is 0 Å². The smallest absolute Gasteiger partial charge is 0.264 e. The van der Waals surface area contributed by atoms with Crippen LogP contribution in [0.2, 0.25) is 5.02 Å².